The van der Waals surface area contributed by atoms with E-state index in [2.05, 4.69) is 4.90 Å². The Hall–Kier alpha value is -2.10. The van der Waals surface area contributed by atoms with Crippen molar-refractivity contribution in [2.24, 2.45) is 0 Å². The highest BCUT2D eigenvalue weighted by Crippen LogP contribution is 2.25. The largest absolute Gasteiger partial charge is 0.484 e. The average Bonchev–Trinajstić information content (AvgIpc) is 3.06. The molecule has 128 valence electrons. The monoisotopic (exact) mass is 329 g/mol. The van der Waals surface area contributed by atoms with Gasteiger partial charge in [-0.2, -0.15) is 5.26 Å². The van der Waals surface area contributed by atoms with E-state index in [0.717, 1.165) is 32.4 Å². The molecule has 0 bridgehead atoms. The summed E-state index contributed by atoms with van der Waals surface area (Å²) in [6, 6.07) is 9.05. The first kappa shape index (κ1) is 16.7. The van der Waals surface area contributed by atoms with Crippen LogP contribution >= 0.6 is 0 Å². The van der Waals surface area contributed by atoms with Crippen molar-refractivity contribution in [3.8, 4) is 11.8 Å². The van der Waals surface area contributed by atoms with E-state index in [0.29, 0.717) is 24.4 Å². The molecule has 1 saturated heterocycles. The van der Waals surface area contributed by atoms with Gasteiger partial charge in [-0.15, -0.1) is 0 Å². The van der Waals surface area contributed by atoms with Crippen LogP contribution in [0.3, 0.4) is 0 Å². The van der Waals surface area contributed by atoms with Crippen molar-refractivity contribution in [2.75, 3.05) is 32.8 Å². The van der Waals surface area contributed by atoms with Crippen LogP contribution in [0.2, 0.25) is 0 Å². The van der Waals surface area contributed by atoms with E-state index in [1.54, 1.807) is 24.3 Å². The summed E-state index contributed by atoms with van der Waals surface area (Å²) in [5.74, 6) is 0.570. The SMILES string of the molecule is N#Cc1ccc(OCC(=O)N2CCN([C@H]3CCC[C@@H]3O)CC2)cc1. The lowest BCUT2D eigenvalue weighted by molar-refractivity contribution is -0.135. The maximum absolute atomic E-state index is 12.3. The average molecular weight is 329 g/mol. The van der Waals surface area contributed by atoms with Crippen molar-refractivity contribution in [1.29, 1.82) is 5.26 Å². The molecule has 1 aliphatic carbocycles. The molecule has 1 aromatic carbocycles. The number of ether oxygens (including phenoxy) is 1. The van der Waals surface area contributed by atoms with Crippen LogP contribution < -0.4 is 4.74 Å². The standard InChI is InChI=1S/C18H23N3O3/c19-12-14-4-6-15(7-5-14)24-13-18(23)21-10-8-20(9-11-21)16-2-1-3-17(16)22/h4-7,16-17,22H,1-3,8-11,13H2/t16-,17-/m0/s1. The van der Waals surface area contributed by atoms with Crippen LogP contribution in [0.15, 0.2) is 24.3 Å². The molecule has 1 aromatic rings. The predicted octanol–water partition coefficient (Wildman–Crippen LogP) is 0.995. The Kier molecular flexibility index (Phi) is 5.34. The lowest BCUT2D eigenvalue weighted by Crippen LogP contribution is -2.54. The molecule has 1 aliphatic heterocycles. The molecule has 1 N–H and O–H groups in total. The van der Waals surface area contributed by atoms with E-state index < -0.39 is 0 Å². The minimum atomic E-state index is -0.216. The summed E-state index contributed by atoms with van der Waals surface area (Å²) in [5.41, 5.74) is 0.568. The molecule has 6 nitrogen and oxygen atoms in total. The second-order valence-electron chi connectivity index (χ2n) is 6.41. The number of rotatable bonds is 4. The smallest absolute Gasteiger partial charge is 0.260 e. The number of aliphatic hydroxyl groups is 1. The molecular formula is C18H23N3O3. The molecule has 1 saturated carbocycles. The number of nitrogens with zero attached hydrogens (tertiary/aromatic N) is 3. The first-order valence-corrected chi connectivity index (χ1v) is 8.50. The van der Waals surface area contributed by atoms with Crippen molar-refractivity contribution in [2.45, 2.75) is 31.4 Å². The number of aliphatic hydroxyl groups excluding tert-OH is 1. The third-order valence-corrected chi connectivity index (χ3v) is 4.93. The van der Waals surface area contributed by atoms with Gasteiger partial charge in [-0.3, -0.25) is 9.69 Å². The molecule has 2 fully saturated rings. The van der Waals surface area contributed by atoms with E-state index in [1.165, 1.54) is 0 Å². The van der Waals surface area contributed by atoms with Crippen molar-refractivity contribution < 1.29 is 14.6 Å². The van der Waals surface area contributed by atoms with Gasteiger partial charge in [0.25, 0.3) is 5.91 Å². The zero-order valence-corrected chi connectivity index (χ0v) is 13.7. The third kappa shape index (κ3) is 3.86. The zero-order chi connectivity index (χ0) is 16.9. The summed E-state index contributed by atoms with van der Waals surface area (Å²) in [6.07, 6.45) is 2.81. The first-order valence-electron chi connectivity index (χ1n) is 8.50. The molecule has 6 heteroatoms. The topological polar surface area (TPSA) is 76.8 Å². The van der Waals surface area contributed by atoms with Gasteiger partial charge >= 0.3 is 0 Å². The summed E-state index contributed by atoms with van der Waals surface area (Å²) in [4.78, 5) is 16.4. The molecule has 0 aromatic heterocycles. The van der Waals surface area contributed by atoms with E-state index in [-0.39, 0.29) is 24.7 Å². The van der Waals surface area contributed by atoms with Crippen LogP contribution in [0, 0.1) is 11.3 Å². The Morgan fingerprint density at radius 1 is 1.21 bits per heavy atom. The van der Waals surface area contributed by atoms with Gasteiger partial charge in [0, 0.05) is 32.2 Å². The van der Waals surface area contributed by atoms with Crippen molar-refractivity contribution in [3.63, 3.8) is 0 Å². The van der Waals surface area contributed by atoms with Crippen LogP contribution in [-0.4, -0.2) is 65.7 Å². The van der Waals surface area contributed by atoms with E-state index in [1.807, 2.05) is 11.0 Å². The summed E-state index contributed by atoms with van der Waals surface area (Å²) in [7, 11) is 0. The fourth-order valence-electron chi connectivity index (χ4n) is 3.51. The second kappa shape index (κ2) is 7.65. The van der Waals surface area contributed by atoms with Crippen molar-refractivity contribution >= 4 is 5.91 Å². The molecular weight excluding hydrogens is 306 g/mol. The van der Waals surface area contributed by atoms with Gasteiger partial charge in [-0.25, -0.2) is 0 Å². The van der Waals surface area contributed by atoms with Crippen LogP contribution in [-0.2, 0) is 4.79 Å². The number of benzene rings is 1. The first-order chi connectivity index (χ1) is 11.7. The summed E-state index contributed by atoms with van der Waals surface area (Å²) in [6.45, 7) is 2.99. The Morgan fingerprint density at radius 2 is 1.92 bits per heavy atom. The number of amides is 1. The second-order valence-corrected chi connectivity index (χ2v) is 6.41. The van der Waals surface area contributed by atoms with Crippen LogP contribution in [0.1, 0.15) is 24.8 Å². The Balaban J connectivity index is 1.44. The van der Waals surface area contributed by atoms with Gasteiger partial charge in [0.05, 0.1) is 17.7 Å². The third-order valence-electron chi connectivity index (χ3n) is 4.93. The number of piperazine rings is 1. The van der Waals surface area contributed by atoms with Crippen LogP contribution in [0.5, 0.6) is 5.75 Å². The molecule has 0 radical (unpaired) electrons. The number of carbonyl (C=O) groups is 1. The normalized spacial score (nSPS) is 24.6. The summed E-state index contributed by atoms with van der Waals surface area (Å²) >= 11 is 0. The van der Waals surface area contributed by atoms with Crippen LogP contribution in [0.25, 0.3) is 0 Å². The van der Waals surface area contributed by atoms with Gasteiger partial charge in [0.15, 0.2) is 6.61 Å². The molecule has 1 amide bonds. The van der Waals surface area contributed by atoms with Gasteiger partial charge < -0.3 is 14.7 Å². The fourth-order valence-corrected chi connectivity index (χ4v) is 3.51. The molecule has 0 spiro atoms. The number of carbonyl (C=O) groups excluding carboxylic acids is 1. The highest BCUT2D eigenvalue weighted by atomic mass is 16.5. The van der Waals surface area contributed by atoms with Gasteiger partial charge in [-0.05, 0) is 43.5 Å². The molecule has 3 rings (SSSR count). The molecule has 2 aliphatic rings. The molecule has 1 heterocycles. The quantitative estimate of drug-likeness (QED) is 0.891. The maximum atomic E-state index is 12.3. The Labute approximate surface area is 142 Å². The highest BCUT2D eigenvalue weighted by Gasteiger charge is 2.33. The van der Waals surface area contributed by atoms with E-state index in [9.17, 15) is 9.90 Å². The lowest BCUT2D eigenvalue weighted by atomic mass is 10.1. The minimum Gasteiger partial charge on any atom is -0.484 e. The number of hydrogen-bond acceptors (Lipinski definition) is 5. The van der Waals surface area contributed by atoms with Gasteiger partial charge in [0.1, 0.15) is 5.75 Å². The highest BCUT2D eigenvalue weighted by molar-refractivity contribution is 5.77. The van der Waals surface area contributed by atoms with Crippen molar-refractivity contribution in [3.05, 3.63) is 29.8 Å². The van der Waals surface area contributed by atoms with E-state index >= 15 is 0 Å². The fraction of sp³-hybridized carbons (Fsp3) is 0.556. The predicted molar refractivity (Wildman–Crippen MR) is 88.5 cm³/mol. The summed E-state index contributed by atoms with van der Waals surface area (Å²) < 4.78 is 5.51. The number of nitriles is 1. The zero-order valence-electron chi connectivity index (χ0n) is 13.7. The van der Waals surface area contributed by atoms with Crippen molar-refractivity contribution in [1.82, 2.24) is 9.80 Å². The molecule has 2 atom stereocenters. The Bertz CT molecular complexity index is 603. The maximum Gasteiger partial charge on any atom is 0.260 e. The van der Waals surface area contributed by atoms with Gasteiger partial charge in [0.2, 0.25) is 0 Å². The van der Waals surface area contributed by atoms with E-state index in [4.69, 9.17) is 10.00 Å². The van der Waals surface area contributed by atoms with Crippen LogP contribution in [0.4, 0.5) is 0 Å². The molecule has 0 unspecified atom stereocenters. The Morgan fingerprint density at radius 3 is 2.50 bits per heavy atom. The summed E-state index contributed by atoms with van der Waals surface area (Å²) in [5, 5.41) is 18.8. The number of hydrogen-bond donors (Lipinski definition) is 1. The van der Waals surface area contributed by atoms with Gasteiger partial charge in [-0.1, -0.05) is 0 Å². The minimum absolute atomic E-state index is 0.0119. The molecule has 24 heavy (non-hydrogen) atoms. The lowest BCUT2D eigenvalue weighted by Gasteiger charge is -2.39.